The average molecular weight is 361 g/mol. The smallest absolute Gasteiger partial charge is 0.338 e. The van der Waals surface area contributed by atoms with Gasteiger partial charge in [0, 0.05) is 11.3 Å². The van der Waals surface area contributed by atoms with Gasteiger partial charge in [-0.1, -0.05) is 6.07 Å². The highest BCUT2D eigenvalue weighted by Crippen LogP contribution is 2.29. The number of carbonyl (C=O) groups is 2. The monoisotopic (exact) mass is 361 g/mol. The van der Waals surface area contributed by atoms with E-state index < -0.39 is 23.6 Å². The second-order valence-corrected chi connectivity index (χ2v) is 6.80. The molecule has 1 aliphatic rings. The predicted octanol–water partition coefficient (Wildman–Crippen LogP) is 1.95. The lowest BCUT2D eigenvalue weighted by atomic mass is 9.98. The lowest BCUT2D eigenvalue weighted by Crippen LogP contribution is -2.24. The molecule has 1 unspecified atom stereocenters. The minimum absolute atomic E-state index is 0.0401. The fraction of sp³-hybridized carbons (Fsp3) is 0.389. The molecule has 1 aliphatic heterocycles. The molecular weight excluding hydrogens is 338 g/mol. The van der Waals surface area contributed by atoms with Crippen LogP contribution < -0.4 is 11.2 Å². The number of rotatable bonds is 5. The van der Waals surface area contributed by atoms with Crippen LogP contribution in [0, 0.1) is 5.41 Å². The van der Waals surface area contributed by atoms with Crippen LogP contribution in [0.25, 0.3) is 0 Å². The van der Waals surface area contributed by atoms with E-state index >= 15 is 0 Å². The predicted molar refractivity (Wildman–Crippen MR) is 94.3 cm³/mol. The van der Waals surface area contributed by atoms with E-state index in [9.17, 15) is 9.59 Å². The summed E-state index contributed by atoms with van der Waals surface area (Å²) in [5.74, 6) is -1.11. The van der Waals surface area contributed by atoms with Crippen molar-refractivity contribution < 1.29 is 23.9 Å². The summed E-state index contributed by atoms with van der Waals surface area (Å²) in [5, 5.41) is 7.81. The van der Waals surface area contributed by atoms with Crippen molar-refractivity contribution in [3.63, 3.8) is 0 Å². The molecular formula is C18H23N3O5. The molecule has 4 N–H and O–H groups in total. The maximum Gasteiger partial charge on any atom is 0.338 e. The number of nitrogens with one attached hydrogen (secondary N) is 2. The van der Waals surface area contributed by atoms with Crippen molar-refractivity contribution in [2.24, 2.45) is 5.73 Å². The van der Waals surface area contributed by atoms with Gasteiger partial charge in [0.2, 0.25) is 0 Å². The Morgan fingerprint density at radius 2 is 2.04 bits per heavy atom. The van der Waals surface area contributed by atoms with Gasteiger partial charge in [-0.2, -0.15) is 0 Å². The number of esters is 2. The Kier molecular flexibility index (Phi) is 5.66. The third kappa shape index (κ3) is 4.82. The number of hydrogen-bond acceptors (Lipinski definition) is 7. The third-order valence-electron chi connectivity index (χ3n) is 3.52. The van der Waals surface area contributed by atoms with Gasteiger partial charge in [-0.15, -0.1) is 0 Å². The van der Waals surface area contributed by atoms with Crippen molar-refractivity contribution in [2.75, 3.05) is 7.11 Å². The topological polar surface area (TPSA) is 124 Å². The fourth-order valence-corrected chi connectivity index (χ4v) is 2.37. The Labute approximate surface area is 151 Å². The number of nitrogens with two attached hydrogens (primary N) is 1. The second kappa shape index (κ2) is 7.57. The first-order valence-electron chi connectivity index (χ1n) is 8.01. The van der Waals surface area contributed by atoms with Crippen LogP contribution >= 0.6 is 0 Å². The van der Waals surface area contributed by atoms with Crippen LogP contribution in [0.3, 0.4) is 0 Å². The van der Waals surface area contributed by atoms with E-state index in [1.165, 1.54) is 13.2 Å². The van der Waals surface area contributed by atoms with E-state index in [1.54, 1.807) is 39.0 Å². The molecule has 0 bridgehead atoms. The van der Waals surface area contributed by atoms with Gasteiger partial charge >= 0.3 is 11.9 Å². The summed E-state index contributed by atoms with van der Waals surface area (Å²) >= 11 is 0. The summed E-state index contributed by atoms with van der Waals surface area (Å²) in [5.41, 5.74) is 9.50. The Morgan fingerprint density at radius 3 is 2.62 bits per heavy atom. The average Bonchev–Trinajstić information content (AvgIpc) is 3.00. The quantitative estimate of drug-likeness (QED) is 0.416. The number of nitrogen functional groups attached to an aromatic ring is 1. The third-order valence-corrected chi connectivity index (χ3v) is 3.52. The number of carbonyl (C=O) groups excluding carboxylic acids is 2. The Hall–Kier alpha value is -2.87. The first kappa shape index (κ1) is 19.5. The lowest BCUT2D eigenvalue weighted by Gasteiger charge is -2.20. The Balaban J connectivity index is 2.29. The molecule has 1 atom stereocenters. The molecule has 0 radical (unpaired) electrons. The summed E-state index contributed by atoms with van der Waals surface area (Å²) in [4.78, 5) is 29.0. The zero-order valence-electron chi connectivity index (χ0n) is 15.2. The SMILES string of the molecule is COC(=O)CC1=CC(c2ccc(C(=O)OC(C)(C)C)cc2C(=N)N)ON1. The highest BCUT2D eigenvalue weighted by Gasteiger charge is 2.25. The summed E-state index contributed by atoms with van der Waals surface area (Å²) < 4.78 is 9.96. The molecule has 0 aliphatic carbocycles. The van der Waals surface area contributed by atoms with E-state index in [-0.39, 0.29) is 12.3 Å². The molecule has 26 heavy (non-hydrogen) atoms. The molecule has 1 heterocycles. The van der Waals surface area contributed by atoms with E-state index in [0.717, 1.165) is 0 Å². The highest BCUT2D eigenvalue weighted by molar-refractivity contribution is 6.00. The van der Waals surface area contributed by atoms with E-state index in [4.69, 9.17) is 20.7 Å². The van der Waals surface area contributed by atoms with Crippen LogP contribution in [0.15, 0.2) is 30.0 Å². The Bertz CT molecular complexity index is 765. The maximum absolute atomic E-state index is 12.2. The molecule has 1 aromatic rings. The summed E-state index contributed by atoms with van der Waals surface area (Å²) in [7, 11) is 1.30. The van der Waals surface area contributed by atoms with Crippen molar-refractivity contribution in [3.8, 4) is 0 Å². The minimum Gasteiger partial charge on any atom is -0.469 e. The van der Waals surface area contributed by atoms with Crippen molar-refractivity contribution in [1.29, 1.82) is 5.41 Å². The molecule has 0 amide bonds. The lowest BCUT2D eigenvalue weighted by molar-refractivity contribution is -0.140. The van der Waals surface area contributed by atoms with E-state index in [0.29, 0.717) is 22.4 Å². The molecule has 8 heteroatoms. The highest BCUT2D eigenvalue weighted by atomic mass is 16.7. The molecule has 140 valence electrons. The number of methoxy groups -OCH3 is 1. The zero-order chi connectivity index (χ0) is 19.5. The zero-order valence-corrected chi connectivity index (χ0v) is 15.2. The molecule has 1 aromatic carbocycles. The van der Waals surface area contributed by atoms with Gasteiger partial charge in [-0.05, 0) is 44.5 Å². The van der Waals surface area contributed by atoms with Gasteiger partial charge in [0.25, 0.3) is 0 Å². The van der Waals surface area contributed by atoms with Gasteiger partial charge in [0.05, 0.1) is 19.1 Å². The van der Waals surface area contributed by atoms with Gasteiger partial charge < -0.3 is 15.2 Å². The van der Waals surface area contributed by atoms with Crippen LogP contribution in [-0.2, 0) is 19.1 Å². The number of amidine groups is 1. The first-order chi connectivity index (χ1) is 12.1. The number of benzene rings is 1. The molecule has 8 nitrogen and oxygen atoms in total. The summed E-state index contributed by atoms with van der Waals surface area (Å²) in [6.07, 6.45) is 1.19. The fourth-order valence-electron chi connectivity index (χ4n) is 2.37. The van der Waals surface area contributed by atoms with Crippen LogP contribution in [-0.4, -0.2) is 30.5 Å². The van der Waals surface area contributed by atoms with E-state index in [2.05, 4.69) is 10.2 Å². The molecule has 0 aromatic heterocycles. The van der Waals surface area contributed by atoms with Gasteiger partial charge in [0.1, 0.15) is 17.5 Å². The normalized spacial score (nSPS) is 16.5. The molecule has 0 fully saturated rings. The molecule has 0 saturated carbocycles. The summed E-state index contributed by atoms with van der Waals surface area (Å²) in [6.45, 7) is 5.32. The van der Waals surface area contributed by atoms with Crippen LogP contribution in [0.4, 0.5) is 0 Å². The van der Waals surface area contributed by atoms with Crippen molar-refractivity contribution in [1.82, 2.24) is 5.48 Å². The minimum atomic E-state index is -0.629. The van der Waals surface area contributed by atoms with Gasteiger partial charge in [-0.25, -0.2) is 4.79 Å². The molecule has 2 rings (SSSR count). The number of hydroxylamine groups is 1. The van der Waals surface area contributed by atoms with Crippen LogP contribution in [0.5, 0.6) is 0 Å². The largest absolute Gasteiger partial charge is 0.469 e. The van der Waals surface area contributed by atoms with Crippen molar-refractivity contribution in [3.05, 3.63) is 46.7 Å². The van der Waals surface area contributed by atoms with E-state index in [1.807, 2.05) is 0 Å². The maximum atomic E-state index is 12.2. The molecule has 0 saturated heterocycles. The van der Waals surface area contributed by atoms with Gasteiger partial charge in [-0.3, -0.25) is 20.5 Å². The number of ether oxygens (including phenoxy) is 2. The Morgan fingerprint density at radius 1 is 1.35 bits per heavy atom. The van der Waals surface area contributed by atoms with Crippen molar-refractivity contribution >= 4 is 17.8 Å². The van der Waals surface area contributed by atoms with Gasteiger partial charge in [0.15, 0.2) is 0 Å². The van der Waals surface area contributed by atoms with Crippen LogP contribution in [0.2, 0.25) is 0 Å². The molecule has 0 spiro atoms. The first-order valence-corrected chi connectivity index (χ1v) is 8.01. The van der Waals surface area contributed by atoms with Crippen molar-refractivity contribution in [2.45, 2.75) is 38.9 Å². The standard InChI is InChI=1S/C18H23N3O5/c1-18(2,3)25-17(23)10-5-6-12(13(7-10)16(19)20)14-8-11(21-26-14)9-15(22)24-4/h5-8,14,21H,9H2,1-4H3,(H3,19,20). The summed E-state index contributed by atoms with van der Waals surface area (Å²) in [6, 6.07) is 4.74. The van der Waals surface area contributed by atoms with Crippen LogP contribution in [0.1, 0.15) is 54.8 Å². The second-order valence-electron chi connectivity index (χ2n) is 6.80. The number of hydrogen-bond donors (Lipinski definition) is 3.